The van der Waals surface area contributed by atoms with Crippen molar-refractivity contribution in [3.63, 3.8) is 0 Å². The Morgan fingerprint density at radius 2 is 2.00 bits per heavy atom. The zero-order valence-electron chi connectivity index (χ0n) is 15.1. The number of hydrogen-bond donors (Lipinski definition) is 2. The standard InChI is InChI=1S/C20H18N4O4/c1-26-15-4-2-3-14(8-15)24-19-11-21-16(10-22-19)20(25)23-9-13-5-6-17-18(7-13)28-12-27-17/h2-8,10-11H,9,12H2,1H3,(H,22,24)(H,23,25). The molecule has 1 aliphatic rings. The lowest BCUT2D eigenvalue weighted by molar-refractivity contribution is 0.0945. The number of anilines is 2. The van der Waals surface area contributed by atoms with Gasteiger partial charge in [0.25, 0.3) is 5.91 Å². The van der Waals surface area contributed by atoms with Gasteiger partial charge in [0.2, 0.25) is 6.79 Å². The Balaban J connectivity index is 1.36. The van der Waals surface area contributed by atoms with E-state index in [1.807, 2.05) is 42.5 Å². The molecule has 0 bridgehead atoms. The monoisotopic (exact) mass is 378 g/mol. The number of nitrogens with zero attached hydrogens (tertiary/aromatic N) is 2. The molecule has 2 aromatic carbocycles. The van der Waals surface area contributed by atoms with Crippen LogP contribution in [0, 0.1) is 0 Å². The fourth-order valence-electron chi connectivity index (χ4n) is 2.68. The molecule has 0 saturated heterocycles. The van der Waals surface area contributed by atoms with Crippen LogP contribution in [-0.4, -0.2) is 29.8 Å². The number of ether oxygens (including phenoxy) is 3. The molecular weight excluding hydrogens is 360 g/mol. The minimum atomic E-state index is -0.307. The molecule has 2 N–H and O–H groups in total. The number of fused-ring (bicyclic) bond motifs is 1. The Bertz CT molecular complexity index is 992. The fraction of sp³-hybridized carbons (Fsp3) is 0.150. The molecule has 0 saturated carbocycles. The first kappa shape index (κ1) is 17.6. The van der Waals surface area contributed by atoms with E-state index in [1.54, 1.807) is 7.11 Å². The van der Waals surface area contributed by atoms with Crippen LogP contribution in [0.25, 0.3) is 0 Å². The number of aromatic nitrogens is 2. The summed E-state index contributed by atoms with van der Waals surface area (Å²) in [6.45, 7) is 0.567. The predicted molar refractivity (Wildman–Crippen MR) is 102 cm³/mol. The molecule has 2 heterocycles. The molecule has 3 aromatic rings. The van der Waals surface area contributed by atoms with Gasteiger partial charge < -0.3 is 24.8 Å². The van der Waals surface area contributed by atoms with Crippen molar-refractivity contribution in [2.24, 2.45) is 0 Å². The number of rotatable bonds is 6. The number of carbonyl (C=O) groups excluding carboxylic acids is 1. The van der Waals surface area contributed by atoms with Crippen molar-refractivity contribution < 1.29 is 19.0 Å². The molecule has 28 heavy (non-hydrogen) atoms. The normalized spacial score (nSPS) is 11.8. The third kappa shape index (κ3) is 3.96. The van der Waals surface area contributed by atoms with E-state index in [4.69, 9.17) is 14.2 Å². The fourth-order valence-corrected chi connectivity index (χ4v) is 2.68. The topological polar surface area (TPSA) is 94.6 Å². The van der Waals surface area contributed by atoms with Gasteiger partial charge >= 0.3 is 0 Å². The number of carbonyl (C=O) groups is 1. The van der Waals surface area contributed by atoms with Crippen molar-refractivity contribution in [1.29, 1.82) is 0 Å². The van der Waals surface area contributed by atoms with Gasteiger partial charge in [-0.05, 0) is 29.8 Å². The molecule has 0 radical (unpaired) electrons. The molecule has 1 aliphatic heterocycles. The van der Waals surface area contributed by atoms with Crippen LogP contribution in [0.1, 0.15) is 16.1 Å². The van der Waals surface area contributed by atoms with E-state index in [1.165, 1.54) is 12.4 Å². The number of nitrogens with one attached hydrogen (secondary N) is 2. The third-order valence-electron chi connectivity index (χ3n) is 4.12. The van der Waals surface area contributed by atoms with Gasteiger partial charge in [-0.1, -0.05) is 12.1 Å². The maximum absolute atomic E-state index is 12.3. The van der Waals surface area contributed by atoms with Crippen molar-refractivity contribution in [1.82, 2.24) is 15.3 Å². The predicted octanol–water partition coefficient (Wildman–Crippen LogP) is 2.89. The number of benzene rings is 2. The van der Waals surface area contributed by atoms with E-state index in [2.05, 4.69) is 20.6 Å². The maximum Gasteiger partial charge on any atom is 0.271 e. The van der Waals surface area contributed by atoms with Crippen LogP contribution in [0.15, 0.2) is 54.9 Å². The van der Waals surface area contributed by atoms with Crippen LogP contribution < -0.4 is 24.8 Å². The van der Waals surface area contributed by atoms with Gasteiger partial charge in [0.15, 0.2) is 11.5 Å². The van der Waals surface area contributed by atoms with E-state index in [-0.39, 0.29) is 18.4 Å². The number of methoxy groups -OCH3 is 1. The molecule has 0 fully saturated rings. The minimum Gasteiger partial charge on any atom is -0.497 e. The Labute approximate surface area is 161 Å². The summed E-state index contributed by atoms with van der Waals surface area (Å²) in [4.78, 5) is 20.7. The smallest absolute Gasteiger partial charge is 0.271 e. The average molecular weight is 378 g/mol. The zero-order valence-corrected chi connectivity index (χ0v) is 15.1. The van der Waals surface area contributed by atoms with Gasteiger partial charge in [-0.15, -0.1) is 0 Å². The summed E-state index contributed by atoms with van der Waals surface area (Å²) in [5.74, 6) is 2.34. The molecule has 0 atom stereocenters. The van der Waals surface area contributed by atoms with Crippen LogP contribution in [0.4, 0.5) is 11.5 Å². The SMILES string of the molecule is COc1cccc(Nc2cnc(C(=O)NCc3ccc4c(c3)OCO4)cn2)c1. The first-order valence-corrected chi connectivity index (χ1v) is 8.61. The van der Waals surface area contributed by atoms with Crippen molar-refractivity contribution in [3.05, 3.63) is 66.1 Å². The molecular formula is C20H18N4O4. The number of amides is 1. The highest BCUT2D eigenvalue weighted by Gasteiger charge is 2.14. The lowest BCUT2D eigenvalue weighted by Crippen LogP contribution is -2.24. The molecule has 1 aromatic heterocycles. The Hall–Kier alpha value is -3.81. The van der Waals surface area contributed by atoms with Gasteiger partial charge in [0.1, 0.15) is 17.3 Å². The highest BCUT2D eigenvalue weighted by Crippen LogP contribution is 2.32. The van der Waals surface area contributed by atoms with E-state index < -0.39 is 0 Å². The largest absolute Gasteiger partial charge is 0.497 e. The molecule has 8 heteroatoms. The first-order chi connectivity index (χ1) is 13.7. The Kier molecular flexibility index (Phi) is 4.92. The van der Waals surface area contributed by atoms with Crippen molar-refractivity contribution in [3.8, 4) is 17.2 Å². The maximum atomic E-state index is 12.3. The lowest BCUT2D eigenvalue weighted by Gasteiger charge is -2.08. The van der Waals surface area contributed by atoms with Gasteiger partial charge in [0, 0.05) is 18.3 Å². The second-order valence-corrected chi connectivity index (χ2v) is 6.01. The van der Waals surface area contributed by atoms with E-state index in [0.717, 1.165) is 17.0 Å². The van der Waals surface area contributed by atoms with Gasteiger partial charge in [0.05, 0.1) is 19.5 Å². The summed E-state index contributed by atoms with van der Waals surface area (Å²) >= 11 is 0. The summed E-state index contributed by atoms with van der Waals surface area (Å²) in [5, 5.41) is 5.93. The zero-order chi connectivity index (χ0) is 19.3. The number of hydrogen-bond acceptors (Lipinski definition) is 7. The van der Waals surface area contributed by atoms with Gasteiger partial charge in [-0.25, -0.2) is 9.97 Å². The Morgan fingerprint density at radius 1 is 1.11 bits per heavy atom. The van der Waals surface area contributed by atoms with Crippen LogP contribution in [0.2, 0.25) is 0 Å². The van der Waals surface area contributed by atoms with E-state index >= 15 is 0 Å². The van der Waals surface area contributed by atoms with Crippen LogP contribution >= 0.6 is 0 Å². The van der Waals surface area contributed by atoms with Crippen LogP contribution in [0.5, 0.6) is 17.2 Å². The van der Waals surface area contributed by atoms with Crippen LogP contribution in [-0.2, 0) is 6.54 Å². The molecule has 0 aliphatic carbocycles. The minimum absolute atomic E-state index is 0.219. The first-order valence-electron chi connectivity index (χ1n) is 8.61. The van der Waals surface area contributed by atoms with Gasteiger partial charge in [-0.3, -0.25) is 4.79 Å². The molecule has 1 amide bonds. The average Bonchev–Trinajstić information content (AvgIpc) is 3.20. The van der Waals surface area contributed by atoms with Crippen molar-refractivity contribution in [2.45, 2.75) is 6.54 Å². The van der Waals surface area contributed by atoms with Gasteiger partial charge in [-0.2, -0.15) is 0 Å². The Morgan fingerprint density at radius 3 is 2.82 bits per heavy atom. The summed E-state index contributed by atoms with van der Waals surface area (Å²) < 4.78 is 15.8. The second-order valence-electron chi connectivity index (χ2n) is 6.01. The summed E-state index contributed by atoms with van der Waals surface area (Å²) in [7, 11) is 1.61. The molecule has 0 spiro atoms. The highest BCUT2D eigenvalue weighted by atomic mass is 16.7. The quantitative estimate of drug-likeness (QED) is 0.681. The molecule has 8 nitrogen and oxygen atoms in total. The molecule has 4 rings (SSSR count). The van der Waals surface area contributed by atoms with E-state index in [0.29, 0.717) is 23.9 Å². The summed E-state index contributed by atoms with van der Waals surface area (Å²) in [6.07, 6.45) is 2.94. The summed E-state index contributed by atoms with van der Waals surface area (Å²) in [6, 6.07) is 13.0. The highest BCUT2D eigenvalue weighted by molar-refractivity contribution is 5.92. The van der Waals surface area contributed by atoms with E-state index in [9.17, 15) is 4.79 Å². The summed E-state index contributed by atoms with van der Waals surface area (Å²) in [5.41, 5.74) is 1.95. The second kappa shape index (κ2) is 7.83. The van der Waals surface area contributed by atoms with Crippen molar-refractivity contribution >= 4 is 17.4 Å². The lowest BCUT2D eigenvalue weighted by atomic mass is 10.2. The van der Waals surface area contributed by atoms with Crippen LogP contribution in [0.3, 0.4) is 0 Å². The third-order valence-corrected chi connectivity index (χ3v) is 4.12. The molecule has 142 valence electrons. The molecule has 0 unspecified atom stereocenters. The van der Waals surface area contributed by atoms with Crippen molar-refractivity contribution in [2.75, 3.05) is 19.2 Å².